The van der Waals surface area contributed by atoms with E-state index in [1.165, 1.54) is 48.8 Å². The Balaban J connectivity index is 1.30. The number of aromatic nitrogens is 5. The SMILES string of the molecule is c1cnc(-c2cc(-c3cnccn3)cc(-c3ccc4ccc5c(-c6ccc7cnccc7c6)ccc6ccc3c4c65)c2)cn1. The van der Waals surface area contributed by atoms with Crippen LogP contribution in [0.25, 0.3) is 87.9 Å². The summed E-state index contributed by atoms with van der Waals surface area (Å²) in [4.78, 5) is 22.1. The Bertz CT molecular complexity index is 2430. The summed E-state index contributed by atoms with van der Waals surface area (Å²) in [5.74, 6) is 0. The molecular formula is C39H23N5. The molecule has 3 aromatic heterocycles. The zero-order chi connectivity index (χ0) is 29.0. The molecule has 6 aromatic carbocycles. The van der Waals surface area contributed by atoms with Gasteiger partial charge in [0.1, 0.15) is 0 Å². The van der Waals surface area contributed by atoms with Gasteiger partial charge >= 0.3 is 0 Å². The lowest BCUT2D eigenvalue weighted by molar-refractivity contribution is 1.20. The molecule has 0 unspecified atom stereocenters. The Labute approximate surface area is 252 Å². The molecule has 0 saturated heterocycles. The van der Waals surface area contributed by atoms with Crippen molar-refractivity contribution in [2.45, 2.75) is 0 Å². The molecule has 0 aliphatic heterocycles. The number of hydrogen-bond donors (Lipinski definition) is 0. The molecule has 9 rings (SSSR count). The van der Waals surface area contributed by atoms with Gasteiger partial charge in [0, 0.05) is 53.7 Å². The molecule has 0 bridgehead atoms. The van der Waals surface area contributed by atoms with Crippen LogP contribution in [0.1, 0.15) is 0 Å². The standard InChI is InChI=1S/C39H23N5/c1-2-28-21-40-12-11-26(28)17-27(1)32-7-3-24-6-10-35-33(8-4-25-5-9-34(32)38(24)39(25)35)29-18-30(36-22-41-13-15-43-36)20-31(19-29)37-23-42-14-16-44-37/h1-23H. The Morgan fingerprint density at radius 3 is 1.50 bits per heavy atom. The average Bonchev–Trinajstić information content (AvgIpc) is 3.10. The molecule has 204 valence electrons. The van der Waals surface area contributed by atoms with E-state index in [-0.39, 0.29) is 0 Å². The van der Waals surface area contributed by atoms with Gasteiger partial charge in [0.05, 0.1) is 23.8 Å². The first kappa shape index (κ1) is 24.5. The van der Waals surface area contributed by atoms with Crippen LogP contribution in [0.3, 0.4) is 0 Å². The zero-order valence-corrected chi connectivity index (χ0v) is 23.5. The van der Waals surface area contributed by atoms with Gasteiger partial charge in [-0.2, -0.15) is 0 Å². The van der Waals surface area contributed by atoms with Crippen LogP contribution in [-0.2, 0) is 0 Å². The van der Waals surface area contributed by atoms with Gasteiger partial charge in [-0.1, -0.05) is 60.7 Å². The Kier molecular flexibility index (Phi) is 5.43. The van der Waals surface area contributed by atoms with E-state index >= 15 is 0 Å². The maximum Gasteiger partial charge on any atom is 0.0885 e. The third-order valence-electron chi connectivity index (χ3n) is 8.58. The maximum atomic E-state index is 4.60. The van der Waals surface area contributed by atoms with E-state index in [1.54, 1.807) is 37.2 Å². The quantitative estimate of drug-likeness (QED) is 0.200. The summed E-state index contributed by atoms with van der Waals surface area (Å²) in [5, 5.41) is 9.81. The monoisotopic (exact) mass is 561 g/mol. The van der Waals surface area contributed by atoms with Crippen LogP contribution in [-0.4, -0.2) is 24.9 Å². The predicted molar refractivity (Wildman–Crippen MR) is 178 cm³/mol. The minimum absolute atomic E-state index is 0.813. The molecule has 0 amide bonds. The molecule has 0 aliphatic carbocycles. The van der Waals surface area contributed by atoms with Crippen molar-refractivity contribution >= 4 is 43.1 Å². The summed E-state index contributed by atoms with van der Waals surface area (Å²) in [6.07, 6.45) is 14.2. The fourth-order valence-corrected chi connectivity index (χ4v) is 6.53. The molecule has 0 radical (unpaired) electrons. The molecule has 0 aliphatic rings. The van der Waals surface area contributed by atoms with E-state index in [0.717, 1.165) is 39.0 Å². The molecular weight excluding hydrogens is 538 g/mol. The highest BCUT2D eigenvalue weighted by Crippen LogP contribution is 2.43. The molecule has 0 spiro atoms. The molecule has 9 aromatic rings. The second-order valence-corrected chi connectivity index (χ2v) is 11.1. The van der Waals surface area contributed by atoms with Gasteiger partial charge in [0.15, 0.2) is 0 Å². The van der Waals surface area contributed by atoms with Gasteiger partial charge in [-0.05, 0) is 90.3 Å². The Morgan fingerprint density at radius 1 is 0.341 bits per heavy atom. The molecule has 0 N–H and O–H groups in total. The van der Waals surface area contributed by atoms with Gasteiger partial charge in [-0.15, -0.1) is 0 Å². The fraction of sp³-hybridized carbons (Fsp3) is 0. The molecule has 5 heteroatoms. The van der Waals surface area contributed by atoms with Gasteiger partial charge in [0.25, 0.3) is 0 Å². The van der Waals surface area contributed by atoms with Crippen molar-refractivity contribution < 1.29 is 0 Å². The van der Waals surface area contributed by atoms with Crippen molar-refractivity contribution in [2.24, 2.45) is 0 Å². The minimum atomic E-state index is 0.813. The van der Waals surface area contributed by atoms with E-state index in [9.17, 15) is 0 Å². The van der Waals surface area contributed by atoms with Crippen molar-refractivity contribution in [2.75, 3.05) is 0 Å². The fourth-order valence-electron chi connectivity index (χ4n) is 6.53. The summed E-state index contributed by atoms with van der Waals surface area (Å²) in [6.45, 7) is 0. The number of nitrogens with zero attached hydrogens (tertiary/aromatic N) is 5. The van der Waals surface area contributed by atoms with Gasteiger partial charge in [-0.25, -0.2) is 0 Å². The van der Waals surface area contributed by atoms with Crippen LogP contribution in [0.5, 0.6) is 0 Å². The van der Waals surface area contributed by atoms with Crippen LogP contribution in [0.2, 0.25) is 0 Å². The maximum absolute atomic E-state index is 4.60. The van der Waals surface area contributed by atoms with Crippen molar-refractivity contribution in [3.63, 3.8) is 0 Å². The second-order valence-electron chi connectivity index (χ2n) is 11.1. The third-order valence-corrected chi connectivity index (χ3v) is 8.58. The third kappa shape index (κ3) is 3.91. The van der Waals surface area contributed by atoms with Crippen LogP contribution in [0.4, 0.5) is 0 Å². The van der Waals surface area contributed by atoms with E-state index in [0.29, 0.717) is 0 Å². The number of fused-ring (bicyclic) bond motifs is 1. The van der Waals surface area contributed by atoms with Gasteiger partial charge in [-0.3, -0.25) is 24.9 Å². The molecule has 0 fully saturated rings. The molecule has 0 atom stereocenters. The summed E-state index contributed by atoms with van der Waals surface area (Å²) >= 11 is 0. The largest absolute Gasteiger partial charge is 0.264 e. The van der Waals surface area contributed by atoms with E-state index in [2.05, 4.69) is 116 Å². The lowest BCUT2D eigenvalue weighted by Gasteiger charge is -2.17. The smallest absolute Gasteiger partial charge is 0.0885 e. The summed E-state index contributed by atoms with van der Waals surface area (Å²) in [7, 11) is 0. The molecule has 3 heterocycles. The number of benzene rings is 6. The van der Waals surface area contributed by atoms with Gasteiger partial charge < -0.3 is 0 Å². The second kappa shape index (κ2) is 9.75. The van der Waals surface area contributed by atoms with Crippen LogP contribution in [0, 0.1) is 0 Å². The average molecular weight is 562 g/mol. The summed E-state index contributed by atoms with van der Waals surface area (Å²) in [5.41, 5.74) is 8.27. The highest BCUT2D eigenvalue weighted by molar-refractivity contribution is 6.27. The molecule has 44 heavy (non-hydrogen) atoms. The van der Waals surface area contributed by atoms with Gasteiger partial charge in [0.2, 0.25) is 0 Å². The first-order chi connectivity index (χ1) is 21.8. The number of rotatable bonds is 4. The number of pyridine rings is 1. The van der Waals surface area contributed by atoms with Crippen LogP contribution < -0.4 is 0 Å². The Hall–Kier alpha value is -6.07. The first-order valence-corrected chi connectivity index (χ1v) is 14.5. The summed E-state index contributed by atoms with van der Waals surface area (Å²) in [6, 6.07) is 33.2. The van der Waals surface area contributed by atoms with E-state index in [1.807, 2.05) is 12.4 Å². The summed E-state index contributed by atoms with van der Waals surface area (Å²) < 4.78 is 0. The molecule has 5 nitrogen and oxygen atoms in total. The zero-order valence-electron chi connectivity index (χ0n) is 23.5. The Morgan fingerprint density at radius 2 is 0.886 bits per heavy atom. The normalized spacial score (nSPS) is 11.6. The topological polar surface area (TPSA) is 64.5 Å². The number of hydrogen-bond acceptors (Lipinski definition) is 5. The first-order valence-electron chi connectivity index (χ1n) is 14.5. The van der Waals surface area contributed by atoms with Crippen molar-refractivity contribution in [3.05, 3.63) is 141 Å². The van der Waals surface area contributed by atoms with E-state index < -0.39 is 0 Å². The highest BCUT2D eigenvalue weighted by atomic mass is 14.8. The lowest BCUT2D eigenvalue weighted by Crippen LogP contribution is -1.92. The highest BCUT2D eigenvalue weighted by Gasteiger charge is 2.17. The van der Waals surface area contributed by atoms with Crippen molar-refractivity contribution in [1.29, 1.82) is 0 Å². The predicted octanol–water partition coefficient (Wildman–Crippen LogP) is 9.38. The van der Waals surface area contributed by atoms with Crippen molar-refractivity contribution in [1.82, 2.24) is 24.9 Å². The van der Waals surface area contributed by atoms with Crippen LogP contribution in [0.15, 0.2) is 141 Å². The minimum Gasteiger partial charge on any atom is -0.264 e. The lowest BCUT2D eigenvalue weighted by atomic mass is 9.86. The van der Waals surface area contributed by atoms with Crippen molar-refractivity contribution in [3.8, 4) is 44.8 Å². The molecule has 0 saturated carbocycles. The van der Waals surface area contributed by atoms with E-state index in [4.69, 9.17) is 0 Å². The van der Waals surface area contributed by atoms with Crippen LogP contribution >= 0.6 is 0 Å².